The molecule has 0 bridgehead atoms. The van der Waals surface area contributed by atoms with Crippen LogP contribution >= 0.6 is 12.2 Å². The fourth-order valence-corrected chi connectivity index (χ4v) is 3.25. The van der Waals surface area contributed by atoms with Crippen LogP contribution in [-0.4, -0.2) is 29.2 Å². The van der Waals surface area contributed by atoms with Crippen molar-refractivity contribution in [3.05, 3.63) is 54.4 Å². The van der Waals surface area contributed by atoms with E-state index in [0.29, 0.717) is 11.2 Å². The third-order valence-corrected chi connectivity index (χ3v) is 4.39. The summed E-state index contributed by atoms with van der Waals surface area (Å²) in [5.74, 6) is 0. The molecule has 2 N–H and O–H groups in total. The average Bonchev–Trinajstić information content (AvgIpc) is 2.88. The number of benzene rings is 1. The Labute approximate surface area is 142 Å². The smallest absolute Gasteiger partial charge is 0.170 e. The van der Waals surface area contributed by atoms with Crippen LogP contribution in [0.2, 0.25) is 0 Å². The molecule has 1 atom stereocenters. The predicted octanol–water partition coefficient (Wildman–Crippen LogP) is 3.21. The van der Waals surface area contributed by atoms with Gasteiger partial charge < -0.3 is 15.5 Å². The third kappa shape index (κ3) is 3.99. The second-order valence-electron chi connectivity index (χ2n) is 5.85. The van der Waals surface area contributed by atoms with Crippen LogP contribution in [0.25, 0.3) is 0 Å². The number of fused-ring (bicyclic) bond motifs is 1. The molecule has 3 rings (SSSR count). The van der Waals surface area contributed by atoms with Crippen molar-refractivity contribution in [3.8, 4) is 0 Å². The summed E-state index contributed by atoms with van der Waals surface area (Å²) in [6.07, 6.45) is 5.69. The van der Waals surface area contributed by atoms with Crippen molar-refractivity contribution in [2.75, 3.05) is 23.3 Å². The van der Waals surface area contributed by atoms with Crippen molar-refractivity contribution in [1.82, 2.24) is 10.3 Å². The molecule has 0 saturated heterocycles. The van der Waals surface area contributed by atoms with Gasteiger partial charge >= 0.3 is 0 Å². The summed E-state index contributed by atoms with van der Waals surface area (Å²) < 4.78 is 0. The van der Waals surface area contributed by atoms with Gasteiger partial charge in [-0.1, -0.05) is 18.2 Å². The fraction of sp³-hybridized carbons (Fsp3) is 0.333. The van der Waals surface area contributed by atoms with Crippen molar-refractivity contribution in [1.29, 1.82) is 0 Å². The zero-order valence-electron chi connectivity index (χ0n) is 13.3. The first kappa shape index (κ1) is 15.7. The summed E-state index contributed by atoms with van der Waals surface area (Å²) in [5.41, 5.74) is 3.81. The number of aromatic nitrogens is 1. The Morgan fingerprint density at radius 2 is 2.04 bits per heavy atom. The van der Waals surface area contributed by atoms with E-state index in [1.54, 1.807) is 12.4 Å². The van der Waals surface area contributed by atoms with Crippen molar-refractivity contribution in [2.45, 2.75) is 25.8 Å². The molecule has 5 heteroatoms. The van der Waals surface area contributed by atoms with Gasteiger partial charge in [0.2, 0.25) is 0 Å². The summed E-state index contributed by atoms with van der Waals surface area (Å²) in [4.78, 5) is 6.48. The van der Waals surface area contributed by atoms with Gasteiger partial charge in [-0.25, -0.2) is 0 Å². The average molecular weight is 326 g/mol. The second kappa shape index (κ2) is 7.42. The number of para-hydroxylation sites is 1. The van der Waals surface area contributed by atoms with E-state index < -0.39 is 0 Å². The Morgan fingerprint density at radius 1 is 1.26 bits per heavy atom. The molecule has 1 aliphatic rings. The summed E-state index contributed by atoms with van der Waals surface area (Å²) in [7, 11) is 0. The van der Waals surface area contributed by atoms with Crippen molar-refractivity contribution in [2.24, 2.45) is 0 Å². The molecule has 2 heterocycles. The molecule has 120 valence electrons. The highest BCUT2D eigenvalue weighted by atomic mass is 32.1. The molecule has 0 amide bonds. The second-order valence-corrected chi connectivity index (χ2v) is 6.25. The molecular formula is C18H22N4S. The van der Waals surface area contributed by atoms with Crippen molar-refractivity contribution in [3.63, 3.8) is 0 Å². The Kier molecular flexibility index (Phi) is 5.08. The third-order valence-electron chi connectivity index (χ3n) is 4.15. The highest BCUT2D eigenvalue weighted by Crippen LogP contribution is 2.31. The van der Waals surface area contributed by atoms with Crippen LogP contribution < -0.4 is 15.5 Å². The lowest BCUT2D eigenvalue weighted by Gasteiger charge is -2.25. The maximum Gasteiger partial charge on any atom is 0.170 e. The van der Waals surface area contributed by atoms with Crippen LogP contribution in [0.4, 0.5) is 11.4 Å². The molecule has 0 aliphatic carbocycles. The minimum Gasteiger partial charge on any atom is -0.368 e. The molecule has 0 fully saturated rings. The number of thiocarbonyl (C=S) groups is 1. The molecular weight excluding hydrogens is 304 g/mol. The number of nitrogens with one attached hydrogen (secondary N) is 2. The number of hydrogen-bond donors (Lipinski definition) is 2. The van der Waals surface area contributed by atoms with Crippen LogP contribution in [0.3, 0.4) is 0 Å². The maximum absolute atomic E-state index is 5.31. The summed E-state index contributed by atoms with van der Waals surface area (Å²) in [5, 5.41) is 7.09. The molecule has 2 aromatic rings. The SMILES string of the molecule is C[C@@H]1Cc2ccccc2N1CCCNC(=S)Nc1ccncc1. The van der Waals surface area contributed by atoms with E-state index in [1.165, 1.54) is 11.3 Å². The van der Waals surface area contributed by atoms with Gasteiger partial charge in [-0.15, -0.1) is 0 Å². The first-order valence-corrected chi connectivity index (χ1v) is 8.44. The molecule has 1 aliphatic heterocycles. The topological polar surface area (TPSA) is 40.2 Å². The monoisotopic (exact) mass is 326 g/mol. The van der Waals surface area contributed by atoms with E-state index in [2.05, 4.69) is 51.7 Å². The maximum atomic E-state index is 5.31. The van der Waals surface area contributed by atoms with Gasteiger partial charge in [-0.3, -0.25) is 4.98 Å². The standard InChI is InChI=1S/C18H22N4S/c1-14-13-15-5-2-3-6-17(15)22(14)12-4-9-20-18(23)21-16-7-10-19-11-8-16/h2-3,5-8,10-11,14H,4,9,12-13H2,1H3,(H2,19,20,21,23)/t14-/m1/s1. The molecule has 1 aromatic carbocycles. The van der Waals surface area contributed by atoms with Crippen molar-refractivity contribution >= 4 is 28.7 Å². The van der Waals surface area contributed by atoms with E-state index in [0.717, 1.165) is 31.6 Å². The number of hydrogen-bond acceptors (Lipinski definition) is 3. The van der Waals surface area contributed by atoms with Gasteiger partial charge in [0, 0.05) is 42.9 Å². The molecule has 4 nitrogen and oxygen atoms in total. The van der Waals surface area contributed by atoms with E-state index in [9.17, 15) is 0 Å². The first-order valence-electron chi connectivity index (χ1n) is 8.03. The molecule has 1 aromatic heterocycles. The highest BCUT2D eigenvalue weighted by molar-refractivity contribution is 7.80. The lowest BCUT2D eigenvalue weighted by atomic mass is 10.1. The van der Waals surface area contributed by atoms with Gasteiger partial charge in [0.25, 0.3) is 0 Å². The van der Waals surface area contributed by atoms with Gasteiger partial charge in [0.15, 0.2) is 5.11 Å². The van der Waals surface area contributed by atoms with Crippen molar-refractivity contribution < 1.29 is 0 Å². The molecule has 0 spiro atoms. The minimum atomic E-state index is 0.578. The Balaban J connectivity index is 1.43. The quantitative estimate of drug-likeness (QED) is 0.652. The normalized spacial score (nSPS) is 16.0. The number of rotatable bonds is 5. The molecule has 0 radical (unpaired) electrons. The highest BCUT2D eigenvalue weighted by Gasteiger charge is 2.24. The first-order chi connectivity index (χ1) is 11.2. The largest absolute Gasteiger partial charge is 0.368 e. The zero-order valence-corrected chi connectivity index (χ0v) is 14.1. The molecule has 0 unspecified atom stereocenters. The Morgan fingerprint density at radius 3 is 2.87 bits per heavy atom. The summed E-state index contributed by atoms with van der Waals surface area (Å²) in [6, 6.07) is 13.1. The molecule has 0 saturated carbocycles. The van der Waals surface area contributed by atoms with Crippen LogP contribution in [0, 0.1) is 0 Å². The van der Waals surface area contributed by atoms with Crippen LogP contribution in [0.15, 0.2) is 48.8 Å². The van der Waals surface area contributed by atoms with Crippen LogP contribution in [0.5, 0.6) is 0 Å². The van der Waals surface area contributed by atoms with Gasteiger partial charge in [-0.2, -0.15) is 0 Å². The van der Waals surface area contributed by atoms with Gasteiger partial charge in [0.05, 0.1) is 0 Å². The zero-order chi connectivity index (χ0) is 16.1. The lowest BCUT2D eigenvalue weighted by Crippen LogP contribution is -2.34. The van der Waals surface area contributed by atoms with Crippen LogP contribution in [-0.2, 0) is 6.42 Å². The van der Waals surface area contributed by atoms with E-state index in [-0.39, 0.29) is 0 Å². The number of pyridine rings is 1. The summed E-state index contributed by atoms with van der Waals surface area (Å²) >= 11 is 5.31. The minimum absolute atomic E-state index is 0.578. The van der Waals surface area contributed by atoms with E-state index in [4.69, 9.17) is 12.2 Å². The van der Waals surface area contributed by atoms with Gasteiger partial charge in [0.1, 0.15) is 0 Å². The molecule has 23 heavy (non-hydrogen) atoms. The fourth-order valence-electron chi connectivity index (χ4n) is 3.03. The van der Waals surface area contributed by atoms with Gasteiger partial charge in [-0.05, 0) is 55.7 Å². The Hall–Kier alpha value is -2.14. The Bertz CT molecular complexity index is 659. The predicted molar refractivity (Wildman–Crippen MR) is 100 cm³/mol. The number of anilines is 2. The van der Waals surface area contributed by atoms with E-state index in [1.807, 2.05) is 12.1 Å². The number of nitrogens with zero attached hydrogens (tertiary/aromatic N) is 2. The lowest BCUT2D eigenvalue weighted by molar-refractivity contribution is 0.641. The van der Waals surface area contributed by atoms with E-state index >= 15 is 0 Å². The summed E-state index contributed by atoms with van der Waals surface area (Å²) in [6.45, 7) is 4.20. The van der Waals surface area contributed by atoms with Crippen LogP contribution in [0.1, 0.15) is 18.9 Å².